The van der Waals surface area contributed by atoms with Gasteiger partial charge in [-0.2, -0.15) is 0 Å². The van der Waals surface area contributed by atoms with Crippen LogP contribution in [0.15, 0.2) is 36.2 Å². The van der Waals surface area contributed by atoms with Crippen LogP contribution in [-0.2, 0) is 4.74 Å². The fourth-order valence-electron chi connectivity index (χ4n) is 1.63. The third-order valence-corrected chi connectivity index (χ3v) is 2.63. The lowest BCUT2D eigenvalue weighted by Crippen LogP contribution is -2.39. The van der Waals surface area contributed by atoms with Gasteiger partial charge in [-0.05, 0) is 25.5 Å². The molecule has 95 valence electrons. The minimum absolute atomic E-state index is 0.513. The van der Waals surface area contributed by atoms with Crippen molar-refractivity contribution in [1.29, 1.82) is 0 Å². The van der Waals surface area contributed by atoms with Gasteiger partial charge in [-0.15, -0.1) is 0 Å². The molecular formula is C14H22NO2. The summed E-state index contributed by atoms with van der Waals surface area (Å²) in [6.45, 7) is 9.14. The van der Waals surface area contributed by atoms with E-state index in [0.29, 0.717) is 12.3 Å². The molecule has 0 aromatic heterocycles. The Kier molecular flexibility index (Phi) is 5.45. The number of rotatable bonds is 6. The number of ether oxygens (including phenoxy) is 1. The number of aliphatic hydroxyl groups is 1. The zero-order valence-corrected chi connectivity index (χ0v) is 10.7. The average molecular weight is 236 g/mol. The number of allylic oxidation sites excluding steroid dienone is 4. The normalized spacial score (nSPS) is 18.8. The largest absolute Gasteiger partial charge is 0.361 e. The molecule has 1 aliphatic rings. The molecule has 1 heterocycles. The average Bonchev–Trinajstić information content (AvgIpc) is 2.54. The van der Waals surface area contributed by atoms with Gasteiger partial charge in [-0.25, -0.2) is 0 Å². The molecular weight excluding hydrogens is 214 g/mol. The van der Waals surface area contributed by atoms with Gasteiger partial charge in [0.2, 0.25) is 5.79 Å². The summed E-state index contributed by atoms with van der Waals surface area (Å²) in [6.07, 6.45) is 11.4. The third-order valence-electron chi connectivity index (χ3n) is 2.63. The number of likely N-dealkylation sites (N-methyl/N-ethyl adjacent to an activating group) is 1. The topological polar surface area (TPSA) is 32.7 Å². The highest BCUT2D eigenvalue weighted by atomic mass is 16.6. The van der Waals surface area contributed by atoms with Crippen molar-refractivity contribution >= 4 is 0 Å². The lowest BCUT2D eigenvalue weighted by Gasteiger charge is -2.33. The quantitative estimate of drug-likeness (QED) is 0.568. The summed E-state index contributed by atoms with van der Waals surface area (Å²) in [4.78, 5) is 1.93. The monoisotopic (exact) mass is 236 g/mol. The molecule has 1 radical (unpaired) electrons. The van der Waals surface area contributed by atoms with Crippen LogP contribution in [0, 0.1) is 6.92 Å². The smallest absolute Gasteiger partial charge is 0.208 e. The lowest BCUT2D eigenvalue weighted by atomic mass is 10.2. The standard InChI is InChI=1S/C14H22NO2/c1-4-6-12-17-14(3,16)13-10-8-7-9-11-15(13)5-2/h7-11,16H,3-6,12H2,1-2H3. The van der Waals surface area contributed by atoms with Crippen LogP contribution in [-0.4, -0.2) is 28.9 Å². The van der Waals surface area contributed by atoms with Gasteiger partial charge < -0.3 is 14.7 Å². The number of hydrogen-bond acceptors (Lipinski definition) is 3. The Morgan fingerprint density at radius 3 is 2.76 bits per heavy atom. The first-order valence-corrected chi connectivity index (χ1v) is 6.15. The molecule has 0 aromatic carbocycles. The van der Waals surface area contributed by atoms with Gasteiger partial charge >= 0.3 is 0 Å². The Balaban J connectivity index is 2.76. The zero-order chi connectivity index (χ0) is 12.7. The Hall–Kier alpha value is -1.06. The highest BCUT2D eigenvalue weighted by Crippen LogP contribution is 2.23. The van der Waals surface area contributed by atoms with Crippen molar-refractivity contribution < 1.29 is 9.84 Å². The Bertz CT molecular complexity index is 316. The second-order valence-electron chi connectivity index (χ2n) is 4.05. The summed E-state index contributed by atoms with van der Waals surface area (Å²) in [7, 11) is 0. The first kappa shape index (κ1) is 14.0. The minimum atomic E-state index is -1.48. The SMILES string of the molecule is [CH2]C(O)(OCCCC)C1=CC=CC=CN1CC. The summed E-state index contributed by atoms with van der Waals surface area (Å²) in [5.74, 6) is -1.48. The van der Waals surface area contributed by atoms with E-state index in [4.69, 9.17) is 4.74 Å². The van der Waals surface area contributed by atoms with E-state index >= 15 is 0 Å². The van der Waals surface area contributed by atoms with Gasteiger partial charge in [0, 0.05) is 19.7 Å². The Morgan fingerprint density at radius 1 is 1.35 bits per heavy atom. The van der Waals surface area contributed by atoms with Gasteiger partial charge in [0.15, 0.2) is 0 Å². The van der Waals surface area contributed by atoms with Gasteiger partial charge in [0.1, 0.15) is 0 Å². The number of hydrogen-bond donors (Lipinski definition) is 1. The van der Waals surface area contributed by atoms with E-state index in [9.17, 15) is 5.11 Å². The van der Waals surface area contributed by atoms with Crippen molar-refractivity contribution in [3.8, 4) is 0 Å². The maximum Gasteiger partial charge on any atom is 0.208 e. The van der Waals surface area contributed by atoms with Crippen LogP contribution < -0.4 is 0 Å². The second kappa shape index (κ2) is 6.62. The van der Waals surface area contributed by atoms with Crippen molar-refractivity contribution in [3.63, 3.8) is 0 Å². The van der Waals surface area contributed by atoms with Gasteiger partial charge in [0.05, 0.1) is 12.3 Å². The maximum absolute atomic E-state index is 10.3. The van der Waals surface area contributed by atoms with E-state index in [2.05, 4.69) is 13.8 Å². The highest BCUT2D eigenvalue weighted by Gasteiger charge is 2.29. The fraction of sp³-hybridized carbons (Fsp3) is 0.500. The van der Waals surface area contributed by atoms with Crippen molar-refractivity contribution in [1.82, 2.24) is 4.90 Å². The number of unbranched alkanes of at least 4 members (excludes halogenated alkanes) is 1. The van der Waals surface area contributed by atoms with Crippen LogP contribution >= 0.6 is 0 Å². The molecule has 3 heteroatoms. The fourth-order valence-corrected chi connectivity index (χ4v) is 1.63. The molecule has 1 unspecified atom stereocenters. The van der Waals surface area contributed by atoms with Gasteiger partial charge in [0.25, 0.3) is 0 Å². The molecule has 3 nitrogen and oxygen atoms in total. The first-order chi connectivity index (χ1) is 8.11. The Labute approximate surface area is 104 Å². The van der Waals surface area contributed by atoms with E-state index in [1.807, 2.05) is 42.3 Å². The van der Waals surface area contributed by atoms with Gasteiger partial charge in [-0.3, -0.25) is 0 Å². The van der Waals surface area contributed by atoms with Crippen LogP contribution in [0.4, 0.5) is 0 Å². The number of nitrogens with zero attached hydrogens (tertiary/aromatic N) is 1. The zero-order valence-electron chi connectivity index (χ0n) is 10.7. The molecule has 0 fully saturated rings. The lowest BCUT2D eigenvalue weighted by molar-refractivity contribution is -0.152. The summed E-state index contributed by atoms with van der Waals surface area (Å²) in [5, 5.41) is 10.3. The highest BCUT2D eigenvalue weighted by molar-refractivity contribution is 5.27. The van der Waals surface area contributed by atoms with Crippen molar-refractivity contribution in [3.05, 3.63) is 43.1 Å². The predicted molar refractivity (Wildman–Crippen MR) is 69.9 cm³/mol. The molecule has 0 spiro atoms. The molecule has 1 N–H and O–H groups in total. The summed E-state index contributed by atoms with van der Waals surface area (Å²) >= 11 is 0. The van der Waals surface area contributed by atoms with E-state index in [-0.39, 0.29) is 0 Å². The van der Waals surface area contributed by atoms with Crippen molar-refractivity contribution in [2.45, 2.75) is 32.5 Å². The molecule has 0 amide bonds. The minimum Gasteiger partial charge on any atom is -0.361 e. The molecule has 1 rings (SSSR count). The molecule has 1 atom stereocenters. The van der Waals surface area contributed by atoms with Crippen molar-refractivity contribution in [2.75, 3.05) is 13.2 Å². The van der Waals surface area contributed by atoms with Crippen LogP contribution in [0.5, 0.6) is 0 Å². The predicted octanol–water partition coefficient (Wildman–Crippen LogP) is 2.62. The van der Waals surface area contributed by atoms with Crippen LogP contribution in [0.25, 0.3) is 0 Å². The van der Waals surface area contributed by atoms with Crippen LogP contribution in [0.2, 0.25) is 0 Å². The second-order valence-corrected chi connectivity index (χ2v) is 4.05. The van der Waals surface area contributed by atoms with Crippen LogP contribution in [0.1, 0.15) is 26.7 Å². The molecule has 0 saturated heterocycles. The first-order valence-electron chi connectivity index (χ1n) is 6.15. The molecule has 0 aromatic rings. The summed E-state index contributed by atoms with van der Waals surface area (Å²) in [5.41, 5.74) is 0.668. The molecule has 0 bridgehead atoms. The summed E-state index contributed by atoms with van der Waals surface area (Å²) in [6, 6.07) is 0. The maximum atomic E-state index is 10.3. The third kappa shape index (κ3) is 4.02. The van der Waals surface area contributed by atoms with Gasteiger partial charge in [-0.1, -0.05) is 25.5 Å². The Morgan fingerprint density at radius 2 is 2.12 bits per heavy atom. The summed E-state index contributed by atoms with van der Waals surface area (Å²) < 4.78 is 5.46. The van der Waals surface area contributed by atoms with Crippen LogP contribution in [0.3, 0.4) is 0 Å². The van der Waals surface area contributed by atoms with Crippen molar-refractivity contribution in [2.24, 2.45) is 0 Å². The molecule has 0 aliphatic carbocycles. The molecule has 1 aliphatic heterocycles. The van der Waals surface area contributed by atoms with E-state index < -0.39 is 5.79 Å². The molecule has 17 heavy (non-hydrogen) atoms. The van der Waals surface area contributed by atoms with E-state index in [1.165, 1.54) is 0 Å². The van der Waals surface area contributed by atoms with E-state index in [1.54, 1.807) is 0 Å². The molecule has 0 saturated carbocycles. The van der Waals surface area contributed by atoms with E-state index in [0.717, 1.165) is 19.4 Å².